The molecule has 0 aliphatic carbocycles. The monoisotopic (exact) mass is 389 g/mol. The molecule has 2 aromatic carbocycles. The maximum Gasteiger partial charge on any atom is 0.265 e. The molecule has 0 spiro atoms. The number of nitrogens with one attached hydrogen (secondary N) is 1. The van der Waals surface area contributed by atoms with E-state index in [0.717, 1.165) is 21.5 Å². The first kappa shape index (κ1) is 18.1. The van der Waals surface area contributed by atoms with Crippen molar-refractivity contribution < 1.29 is 9.59 Å². The number of carbonyl (C=O) groups is 2. The highest BCUT2D eigenvalue weighted by molar-refractivity contribution is 7.20. The summed E-state index contributed by atoms with van der Waals surface area (Å²) < 4.78 is 1.95. The summed E-state index contributed by atoms with van der Waals surface area (Å²) in [7, 11) is 0. The van der Waals surface area contributed by atoms with Gasteiger partial charge in [0.05, 0.1) is 17.1 Å². The van der Waals surface area contributed by atoms with Crippen molar-refractivity contribution >= 4 is 38.9 Å². The largest absolute Gasteiger partial charge is 0.321 e. The predicted molar refractivity (Wildman–Crippen MR) is 112 cm³/mol. The molecule has 0 aliphatic heterocycles. The van der Waals surface area contributed by atoms with Gasteiger partial charge in [0.1, 0.15) is 4.83 Å². The molecule has 0 saturated heterocycles. The molecule has 2 aromatic heterocycles. The van der Waals surface area contributed by atoms with Gasteiger partial charge in [-0.1, -0.05) is 30.3 Å². The Balaban J connectivity index is 1.58. The average molecular weight is 389 g/mol. The SMILES string of the molecule is CC(=O)c1ccc(NC(=O)c2cc3c(C)nn(Cc4ccccc4)c3s2)cc1. The molecule has 1 amide bonds. The number of hydrogen-bond donors (Lipinski definition) is 1. The number of hydrogen-bond acceptors (Lipinski definition) is 4. The van der Waals surface area contributed by atoms with E-state index in [4.69, 9.17) is 0 Å². The van der Waals surface area contributed by atoms with E-state index in [-0.39, 0.29) is 11.7 Å². The average Bonchev–Trinajstić information content (AvgIpc) is 3.25. The van der Waals surface area contributed by atoms with E-state index in [1.165, 1.54) is 18.3 Å². The van der Waals surface area contributed by atoms with Crippen molar-refractivity contribution in [3.63, 3.8) is 0 Å². The van der Waals surface area contributed by atoms with Crippen LogP contribution in [0.5, 0.6) is 0 Å². The number of fused-ring (bicyclic) bond motifs is 1. The van der Waals surface area contributed by atoms with E-state index >= 15 is 0 Å². The fourth-order valence-electron chi connectivity index (χ4n) is 3.07. The second kappa shape index (κ2) is 7.40. The summed E-state index contributed by atoms with van der Waals surface area (Å²) in [5.74, 6) is -0.164. The molecule has 4 aromatic rings. The number of Topliss-reactive ketones (excluding diaryl/α,β-unsaturated/α-hetero) is 1. The second-order valence-electron chi connectivity index (χ2n) is 6.65. The highest BCUT2D eigenvalue weighted by Gasteiger charge is 2.17. The maximum absolute atomic E-state index is 12.7. The molecule has 4 rings (SSSR count). The van der Waals surface area contributed by atoms with Gasteiger partial charge in [0, 0.05) is 16.6 Å². The fourth-order valence-corrected chi connectivity index (χ4v) is 4.13. The molecule has 140 valence electrons. The summed E-state index contributed by atoms with van der Waals surface area (Å²) in [6.45, 7) is 4.14. The maximum atomic E-state index is 12.7. The summed E-state index contributed by atoms with van der Waals surface area (Å²) in [6.07, 6.45) is 0. The third kappa shape index (κ3) is 3.59. The second-order valence-corrected chi connectivity index (χ2v) is 7.68. The van der Waals surface area contributed by atoms with Crippen LogP contribution in [0, 0.1) is 6.92 Å². The molecule has 1 N–H and O–H groups in total. The van der Waals surface area contributed by atoms with Gasteiger partial charge in [-0.2, -0.15) is 5.10 Å². The molecular formula is C22H19N3O2S. The Labute approximate surface area is 166 Å². The molecule has 0 radical (unpaired) electrons. The zero-order chi connectivity index (χ0) is 19.7. The van der Waals surface area contributed by atoms with E-state index in [9.17, 15) is 9.59 Å². The fraction of sp³-hybridized carbons (Fsp3) is 0.136. The molecular weight excluding hydrogens is 370 g/mol. The van der Waals surface area contributed by atoms with Crippen molar-refractivity contribution in [2.24, 2.45) is 0 Å². The Kier molecular flexibility index (Phi) is 4.79. The van der Waals surface area contributed by atoms with Crippen LogP contribution in [0.25, 0.3) is 10.2 Å². The summed E-state index contributed by atoms with van der Waals surface area (Å²) in [5.41, 5.74) is 3.36. The van der Waals surface area contributed by atoms with Crippen LogP contribution in [0.1, 0.15) is 38.2 Å². The number of thiophene rings is 1. The summed E-state index contributed by atoms with van der Waals surface area (Å²) in [4.78, 5) is 25.7. The number of anilines is 1. The summed E-state index contributed by atoms with van der Waals surface area (Å²) in [5, 5.41) is 8.51. The van der Waals surface area contributed by atoms with Crippen molar-refractivity contribution in [2.75, 3.05) is 5.32 Å². The first-order valence-corrected chi connectivity index (χ1v) is 9.76. The molecule has 0 fully saturated rings. The third-order valence-corrected chi connectivity index (χ3v) is 5.70. The van der Waals surface area contributed by atoms with Crippen molar-refractivity contribution in [1.82, 2.24) is 9.78 Å². The third-order valence-electron chi connectivity index (χ3n) is 4.56. The minimum Gasteiger partial charge on any atom is -0.321 e. The lowest BCUT2D eigenvalue weighted by atomic mass is 10.1. The van der Waals surface area contributed by atoms with Crippen LogP contribution in [0.4, 0.5) is 5.69 Å². The number of nitrogens with zero attached hydrogens (tertiary/aromatic N) is 2. The van der Waals surface area contributed by atoms with E-state index in [1.807, 2.05) is 35.9 Å². The summed E-state index contributed by atoms with van der Waals surface area (Å²) in [6, 6.07) is 18.9. The number of ketones is 1. The van der Waals surface area contributed by atoms with E-state index in [1.54, 1.807) is 24.3 Å². The number of benzene rings is 2. The Morgan fingerprint density at radius 3 is 2.46 bits per heavy atom. The zero-order valence-corrected chi connectivity index (χ0v) is 16.4. The van der Waals surface area contributed by atoms with E-state index in [2.05, 4.69) is 22.5 Å². The van der Waals surface area contributed by atoms with Gasteiger partial charge in [0.15, 0.2) is 5.78 Å². The standard InChI is InChI=1S/C22H19N3O2S/c1-14-19-12-20(21(27)23-18-10-8-17(9-11-18)15(2)26)28-22(19)25(24-14)13-16-6-4-3-5-7-16/h3-12H,13H2,1-2H3,(H,23,27). The lowest BCUT2D eigenvalue weighted by molar-refractivity contribution is 0.101. The van der Waals surface area contributed by atoms with E-state index in [0.29, 0.717) is 22.7 Å². The van der Waals surface area contributed by atoms with Crippen LogP contribution in [0.3, 0.4) is 0 Å². The lowest BCUT2D eigenvalue weighted by Gasteiger charge is -2.04. The lowest BCUT2D eigenvalue weighted by Crippen LogP contribution is -2.10. The van der Waals surface area contributed by atoms with Gasteiger partial charge in [0.2, 0.25) is 0 Å². The molecule has 2 heterocycles. The number of carbonyl (C=O) groups excluding carboxylic acids is 2. The van der Waals surface area contributed by atoms with Gasteiger partial charge in [0.25, 0.3) is 5.91 Å². The minimum absolute atomic E-state index is 0.000767. The van der Waals surface area contributed by atoms with Gasteiger partial charge >= 0.3 is 0 Å². The number of aromatic nitrogens is 2. The molecule has 0 bridgehead atoms. The van der Waals surface area contributed by atoms with Gasteiger partial charge in [-0.3, -0.25) is 14.3 Å². The van der Waals surface area contributed by atoms with Crippen LogP contribution >= 0.6 is 11.3 Å². The molecule has 0 unspecified atom stereocenters. The van der Waals surface area contributed by atoms with Gasteiger partial charge in [-0.05, 0) is 49.7 Å². The predicted octanol–water partition coefficient (Wildman–Crippen LogP) is 4.91. The van der Waals surface area contributed by atoms with Crippen molar-refractivity contribution in [3.05, 3.63) is 82.4 Å². The van der Waals surface area contributed by atoms with Crippen molar-refractivity contribution in [3.8, 4) is 0 Å². The quantitative estimate of drug-likeness (QED) is 0.493. The van der Waals surface area contributed by atoms with Gasteiger partial charge < -0.3 is 5.32 Å². The van der Waals surface area contributed by atoms with Crippen LogP contribution in [-0.4, -0.2) is 21.5 Å². The van der Waals surface area contributed by atoms with Crippen LogP contribution in [-0.2, 0) is 6.54 Å². The number of amides is 1. The highest BCUT2D eigenvalue weighted by atomic mass is 32.1. The molecule has 0 aliphatic rings. The number of rotatable bonds is 5. The smallest absolute Gasteiger partial charge is 0.265 e. The summed E-state index contributed by atoms with van der Waals surface area (Å²) >= 11 is 1.43. The first-order valence-electron chi connectivity index (χ1n) is 8.94. The molecule has 6 heteroatoms. The first-order chi connectivity index (χ1) is 13.5. The topological polar surface area (TPSA) is 64.0 Å². The normalized spacial score (nSPS) is 10.9. The van der Waals surface area contributed by atoms with Gasteiger partial charge in [-0.25, -0.2) is 0 Å². The Morgan fingerprint density at radius 1 is 1.07 bits per heavy atom. The Morgan fingerprint density at radius 2 is 1.79 bits per heavy atom. The zero-order valence-electron chi connectivity index (χ0n) is 15.6. The minimum atomic E-state index is -0.164. The van der Waals surface area contributed by atoms with Gasteiger partial charge in [-0.15, -0.1) is 11.3 Å². The Bertz CT molecular complexity index is 1160. The van der Waals surface area contributed by atoms with Crippen LogP contribution in [0.15, 0.2) is 60.7 Å². The van der Waals surface area contributed by atoms with E-state index < -0.39 is 0 Å². The molecule has 0 saturated carbocycles. The molecule has 28 heavy (non-hydrogen) atoms. The van der Waals surface area contributed by atoms with Crippen LogP contribution < -0.4 is 5.32 Å². The van der Waals surface area contributed by atoms with Crippen molar-refractivity contribution in [2.45, 2.75) is 20.4 Å². The van der Waals surface area contributed by atoms with Crippen molar-refractivity contribution in [1.29, 1.82) is 0 Å². The van der Waals surface area contributed by atoms with Crippen LogP contribution in [0.2, 0.25) is 0 Å². The Hall–Kier alpha value is -3.25. The molecule has 0 atom stereocenters. The number of aryl methyl sites for hydroxylation is 1. The highest BCUT2D eigenvalue weighted by Crippen LogP contribution is 2.29. The molecule has 5 nitrogen and oxygen atoms in total.